The zero-order valence-electron chi connectivity index (χ0n) is 31.0. The lowest BCUT2D eigenvalue weighted by Gasteiger charge is -2.07. The van der Waals surface area contributed by atoms with Gasteiger partial charge >= 0.3 is 0 Å². The number of benzene rings is 9. The summed E-state index contributed by atoms with van der Waals surface area (Å²) in [5.41, 5.74) is 15.8. The highest BCUT2D eigenvalue weighted by Gasteiger charge is 2.19. The second kappa shape index (κ2) is 11.8. The van der Waals surface area contributed by atoms with E-state index in [1.165, 1.54) is 11.1 Å². The summed E-state index contributed by atoms with van der Waals surface area (Å²) >= 11 is 0. The lowest BCUT2D eigenvalue weighted by atomic mass is 9.97. The van der Waals surface area contributed by atoms with Crippen LogP contribution in [0.4, 0.5) is 0 Å². The van der Waals surface area contributed by atoms with Gasteiger partial charge in [-0.15, -0.1) is 0 Å². The van der Waals surface area contributed by atoms with Gasteiger partial charge in [0.15, 0.2) is 11.2 Å². The van der Waals surface area contributed by atoms with Gasteiger partial charge < -0.3 is 17.7 Å². The van der Waals surface area contributed by atoms with Crippen molar-refractivity contribution in [3.05, 3.63) is 182 Å². The monoisotopic (exact) mass is 742 g/mol. The third kappa shape index (κ3) is 4.63. The molecule has 0 atom stereocenters. The number of rotatable bonds is 4. The minimum atomic E-state index is 0.772. The molecule has 0 radical (unpaired) electrons. The van der Waals surface area contributed by atoms with E-state index < -0.39 is 0 Å². The van der Waals surface area contributed by atoms with Gasteiger partial charge in [0.1, 0.15) is 33.5 Å². The van der Waals surface area contributed by atoms with Gasteiger partial charge in [0.25, 0.3) is 0 Å². The molecule has 0 bridgehead atoms. The molecule has 58 heavy (non-hydrogen) atoms. The quantitative estimate of drug-likeness (QED) is 0.180. The molecule has 4 heteroatoms. The summed E-state index contributed by atoms with van der Waals surface area (Å²) in [5.74, 6) is 0. The average molecular weight is 743 g/mol. The van der Waals surface area contributed by atoms with Crippen LogP contribution in [0.25, 0.3) is 132 Å². The third-order valence-corrected chi connectivity index (χ3v) is 11.9. The largest absolute Gasteiger partial charge is 0.456 e. The predicted molar refractivity (Wildman–Crippen MR) is 237 cm³/mol. The third-order valence-electron chi connectivity index (χ3n) is 11.9. The summed E-state index contributed by atoms with van der Waals surface area (Å²) in [4.78, 5) is 0. The van der Waals surface area contributed by atoms with Gasteiger partial charge in [-0.1, -0.05) is 103 Å². The highest BCUT2D eigenvalue weighted by molar-refractivity contribution is 6.23. The predicted octanol–water partition coefficient (Wildman–Crippen LogP) is 16.0. The van der Waals surface area contributed by atoms with Gasteiger partial charge in [-0.2, -0.15) is 0 Å². The molecule has 0 aliphatic heterocycles. The average Bonchev–Trinajstić information content (AvgIpc) is 4.06. The molecule has 4 nitrogen and oxygen atoms in total. The first kappa shape index (κ1) is 31.4. The Morgan fingerprint density at radius 3 is 1.09 bits per heavy atom. The van der Waals surface area contributed by atoms with Crippen LogP contribution in [0.1, 0.15) is 0 Å². The molecule has 270 valence electrons. The molecule has 0 aliphatic carbocycles. The fraction of sp³-hybridized carbons (Fsp3) is 0. The second-order valence-electron chi connectivity index (χ2n) is 15.2. The van der Waals surface area contributed by atoms with Gasteiger partial charge in [0.05, 0.1) is 5.39 Å². The normalized spacial score (nSPS) is 12.1. The minimum absolute atomic E-state index is 0.772. The molecule has 0 amide bonds. The van der Waals surface area contributed by atoms with Crippen LogP contribution in [0.3, 0.4) is 0 Å². The van der Waals surface area contributed by atoms with E-state index >= 15 is 0 Å². The molecule has 0 aliphatic rings. The Kier molecular flexibility index (Phi) is 6.41. The van der Waals surface area contributed by atoms with Crippen LogP contribution in [-0.2, 0) is 0 Å². The van der Waals surface area contributed by atoms with Crippen molar-refractivity contribution < 1.29 is 17.7 Å². The Morgan fingerprint density at radius 2 is 0.569 bits per heavy atom. The molecule has 9 aromatic carbocycles. The van der Waals surface area contributed by atoms with Crippen LogP contribution in [0.15, 0.2) is 200 Å². The maximum atomic E-state index is 6.62. The molecule has 4 aromatic heterocycles. The van der Waals surface area contributed by atoms with Crippen molar-refractivity contribution >= 4 is 87.8 Å². The van der Waals surface area contributed by atoms with Crippen molar-refractivity contribution in [2.24, 2.45) is 0 Å². The fourth-order valence-corrected chi connectivity index (χ4v) is 9.02. The zero-order chi connectivity index (χ0) is 37.9. The number of fused-ring (bicyclic) bond motifs is 14. The second-order valence-corrected chi connectivity index (χ2v) is 15.2. The Hall–Kier alpha value is -7.82. The number of hydrogen-bond donors (Lipinski definition) is 0. The van der Waals surface area contributed by atoms with E-state index in [4.69, 9.17) is 17.7 Å². The maximum absolute atomic E-state index is 6.62. The molecule has 4 heterocycles. The molecule has 0 saturated heterocycles. The van der Waals surface area contributed by atoms with Crippen LogP contribution in [0.5, 0.6) is 0 Å². The maximum Gasteiger partial charge on any atom is 0.178 e. The molecule has 0 unspecified atom stereocenters. The van der Waals surface area contributed by atoms with E-state index in [0.717, 1.165) is 121 Å². The first-order chi connectivity index (χ1) is 28.7. The van der Waals surface area contributed by atoms with Crippen LogP contribution in [0, 0.1) is 0 Å². The van der Waals surface area contributed by atoms with E-state index in [9.17, 15) is 0 Å². The van der Waals surface area contributed by atoms with Crippen molar-refractivity contribution in [3.63, 3.8) is 0 Å². The summed E-state index contributed by atoms with van der Waals surface area (Å²) in [6.07, 6.45) is 0. The Labute approximate surface area is 330 Å². The van der Waals surface area contributed by atoms with Gasteiger partial charge in [-0.3, -0.25) is 0 Å². The first-order valence-corrected chi connectivity index (χ1v) is 19.5. The van der Waals surface area contributed by atoms with Crippen molar-refractivity contribution in [1.82, 2.24) is 0 Å². The minimum Gasteiger partial charge on any atom is -0.456 e. The van der Waals surface area contributed by atoms with Crippen molar-refractivity contribution in [1.29, 1.82) is 0 Å². The van der Waals surface area contributed by atoms with E-state index in [1.807, 2.05) is 12.1 Å². The van der Waals surface area contributed by atoms with E-state index in [-0.39, 0.29) is 0 Å². The van der Waals surface area contributed by atoms with Crippen LogP contribution in [0.2, 0.25) is 0 Å². The summed E-state index contributed by atoms with van der Waals surface area (Å²) in [5, 5.41) is 8.43. The highest BCUT2D eigenvalue weighted by Crippen LogP contribution is 2.43. The van der Waals surface area contributed by atoms with Gasteiger partial charge in [0, 0.05) is 37.7 Å². The molecular weight excluding hydrogens is 713 g/mol. The summed E-state index contributed by atoms with van der Waals surface area (Å²) in [7, 11) is 0. The Morgan fingerprint density at radius 1 is 0.207 bits per heavy atom. The molecule has 0 spiro atoms. The van der Waals surface area contributed by atoms with Crippen molar-refractivity contribution in [2.45, 2.75) is 0 Å². The lowest BCUT2D eigenvalue weighted by Crippen LogP contribution is -1.82. The van der Waals surface area contributed by atoms with Gasteiger partial charge in [-0.25, -0.2) is 0 Å². The summed E-state index contributed by atoms with van der Waals surface area (Å²) in [6, 6.07) is 63.9. The molecule has 0 fully saturated rings. The smallest absolute Gasteiger partial charge is 0.178 e. The number of hydrogen-bond acceptors (Lipinski definition) is 4. The standard InChI is InChI=1S/C54H30O4/c1-3-8-31(9-4-1)35-14-21-47-43(27-35)40-18-19-41-44-29-38(17-23-48(44)58-54(41)53(40)57-47)34-13-7-12-33(26-34)37-16-22-46-42(28-37)39-20-25-50-51(52(39)56-46)45-30-36(15-24-49(45)55-50)32-10-5-2-6-11-32/h1-30H. The molecule has 0 N–H and O–H groups in total. The summed E-state index contributed by atoms with van der Waals surface area (Å²) < 4.78 is 25.9. The van der Waals surface area contributed by atoms with E-state index in [0.29, 0.717) is 0 Å². The highest BCUT2D eigenvalue weighted by atomic mass is 16.4. The zero-order valence-corrected chi connectivity index (χ0v) is 31.0. The Bertz CT molecular complexity index is 3780. The molecule has 13 aromatic rings. The van der Waals surface area contributed by atoms with Crippen molar-refractivity contribution in [2.75, 3.05) is 0 Å². The number of furan rings is 4. The van der Waals surface area contributed by atoms with Crippen LogP contribution >= 0.6 is 0 Å². The summed E-state index contributed by atoms with van der Waals surface area (Å²) in [6.45, 7) is 0. The van der Waals surface area contributed by atoms with Crippen LogP contribution in [-0.4, -0.2) is 0 Å². The lowest BCUT2D eigenvalue weighted by molar-refractivity contribution is 0.633. The van der Waals surface area contributed by atoms with Crippen molar-refractivity contribution in [3.8, 4) is 44.5 Å². The van der Waals surface area contributed by atoms with Crippen LogP contribution < -0.4 is 0 Å². The first-order valence-electron chi connectivity index (χ1n) is 19.5. The van der Waals surface area contributed by atoms with Gasteiger partial charge in [-0.05, 0) is 123 Å². The fourth-order valence-electron chi connectivity index (χ4n) is 9.02. The SMILES string of the molecule is c1ccc(-c2ccc3oc4c(ccc5c6cc(-c7cccc(-c8ccc9oc%10c(ccc%11oc%12ccc(-c%13ccccc%13)cc%12c%11%10)c9c8)c7)ccc6oc54)c3c2)cc1. The van der Waals surface area contributed by atoms with Gasteiger partial charge in [0.2, 0.25) is 0 Å². The Balaban J connectivity index is 0.889. The molecular formula is C54H30O4. The van der Waals surface area contributed by atoms with E-state index in [2.05, 4.69) is 170 Å². The topological polar surface area (TPSA) is 52.6 Å². The molecule has 0 saturated carbocycles. The van der Waals surface area contributed by atoms with E-state index in [1.54, 1.807) is 0 Å². The molecule has 13 rings (SSSR count).